The van der Waals surface area contributed by atoms with E-state index in [0.717, 1.165) is 0 Å². The van der Waals surface area contributed by atoms with Crippen LogP contribution in [0.5, 0.6) is 17.2 Å². The first kappa shape index (κ1) is 12.2. The first-order valence-corrected chi connectivity index (χ1v) is 5.48. The van der Waals surface area contributed by atoms with Crippen LogP contribution in [0, 0.1) is 12.7 Å². The molecule has 0 aromatic heterocycles. The van der Waals surface area contributed by atoms with Crippen LogP contribution < -0.4 is 15.2 Å². The number of methoxy groups -OCH3 is 1. The summed E-state index contributed by atoms with van der Waals surface area (Å²) in [7, 11) is 1.53. The monoisotopic (exact) mass is 247 g/mol. The van der Waals surface area contributed by atoms with Gasteiger partial charge in [-0.25, -0.2) is 4.39 Å². The first-order valence-electron chi connectivity index (χ1n) is 5.48. The van der Waals surface area contributed by atoms with Gasteiger partial charge in [-0.1, -0.05) is 12.1 Å². The molecular weight excluding hydrogens is 233 g/mol. The number of hydrogen-bond donors (Lipinski definition) is 1. The molecule has 0 aliphatic heterocycles. The van der Waals surface area contributed by atoms with Gasteiger partial charge in [0, 0.05) is 6.07 Å². The fraction of sp³-hybridized carbons (Fsp3) is 0.143. The highest BCUT2D eigenvalue weighted by molar-refractivity contribution is 5.63. The Balaban J connectivity index is 2.31. The van der Waals surface area contributed by atoms with Gasteiger partial charge in [0.05, 0.1) is 7.11 Å². The summed E-state index contributed by atoms with van der Waals surface area (Å²) >= 11 is 0. The van der Waals surface area contributed by atoms with E-state index in [0.29, 0.717) is 28.5 Å². The van der Waals surface area contributed by atoms with Crippen molar-refractivity contribution in [2.45, 2.75) is 6.92 Å². The second kappa shape index (κ2) is 4.96. The number of nitrogens with two attached hydrogens (primary N) is 1. The summed E-state index contributed by atoms with van der Waals surface area (Å²) in [6, 6.07) is 9.87. The van der Waals surface area contributed by atoms with E-state index in [1.165, 1.54) is 13.2 Å². The quantitative estimate of drug-likeness (QED) is 0.844. The molecule has 0 saturated carbocycles. The van der Waals surface area contributed by atoms with Gasteiger partial charge >= 0.3 is 0 Å². The summed E-state index contributed by atoms with van der Waals surface area (Å²) in [5.41, 5.74) is 6.83. The largest absolute Gasteiger partial charge is 0.494 e. The zero-order valence-electron chi connectivity index (χ0n) is 10.2. The Kier molecular flexibility index (Phi) is 3.37. The van der Waals surface area contributed by atoms with E-state index in [9.17, 15) is 4.39 Å². The fourth-order valence-electron chi connectivity index (χ4n) is 1.55. The Bertz CT molecular complexity index is 570. The molecule has 4 heteroatoms. The lowest BCUT2D eigenvalue weighted by Gasteiger charge is -2.11. The van der Waals surface area contributed by atoms with Crippen molar-refractivity contribution in [2.75, 3.05) is 12.8 Å². The molecule has 0 atom stereocenters. The maximum atomic E-state index is 13.4. The Hall–Kier alpha value is -2.23. The average Bonchev–Trinajstić information content (AvgIpc) is 2.36. The zero-order chi connectivity index (χ0) is 13.1. The molecule has 18 heavy (non-hydrogen) atoms. The topological polar surface area (TPSA) is 44.5 Å². The van der Waals surface area contributed by atoms with Gasteiger partial charge in [-0.15, -0.1) is 0 Å². The maximum Gasteiger partial charge on any atom is 0.154 e. The van der Waals surface area contributed by atoms with Crippen molar-refractivity contribution < 1.29 is 13.9 Å². The van der Waals surface area contributed by atoms with E-state index in [1.807, 2.05) is 0 Å². The normalized spacial score (nSPS) is 10.2. The predicted octanol–water partition coefficient (Wildman–Crippen LogP) is 3.52. The molecule has 0 heterocycles. The van der Waals surface area contributed by atoms with Crippen molar-refractivity contribution >= 4 is 5.69 Å². The average molecular weight is 247 g/mol. The standard InChI is InChI=1S/C14H14FNO2/c1-9-6-7-10(8-11(9)15)18-13-5-3-4-12(17-2)14(13)16/h3-8H,16H2,1-2H3. The lowest BCUT2D eigenvalue weighted by Crippen LogP contribution is -1.96. The van der Waals surface area contributed by atoms with E-state index >= 15 is 0 Å². The number of rotatable bonds is 3. The SMILES string of the molecule is COc1cccc(Oc2ccc(C)c(F)c2)c1N. The van der Waals surface area contributed by atoms with Gasteiger partial charge in [0.1, 0.15) is 23.0 Å². The highest BCUT2D eigenvalue weighted by Gasteiger charge is 2.08. The van der Waals surface area contributed by atoms with Gasteiger partial charge in [0.15, 0.2) is 5.75 Å². The second-order valence-electron chi connectivity index (χ2n) is 3.89. The van der Waals surface area contributed by atoms with E-state index in [-0.39, 0.29) is 5.82 Å². The number of aryl methyl sites for hydroxylation is 1. The lowest BCUT2D eigenvalue weighted by atomic mass is 10.2. The number of halogens is 1. The molecule has 0 unspecified atom stereocenters. The zero-order valence-corrected chi connectivity index (χ0v) is 10.2. The van der Waals surface area contributed by atoms with E-state index in [2.05, 4.69) is 0 Å². The van der Waals surface area contributed by atoms with Crippen LogP contribution in [0.25, 0.3) is 0 Å². The van der Waals surface area contributed by atoms with Crippen LogP contribution in [0.4, 0.5) is 10.1 Å². The third kappa shape index (κ3) is 2.37. The number of benzene rings is 2. The molecular formula is C14H14FNO2. The van der Waals surface area contributed by atoms with Crippen LogP contribution in [0.15, 0.2) is 36.4 Å². The molecule has 2 rings (SSSR count). The predicted molar refractivity (Wildman–Crippen MR) is 68.6 cm³/mol. The summed E-state index contributed by atoms with van der Waals surface area (Å²) < 4.78 is 24.0. The van der Waals surface area contributed by atoms with Crippen LogP contribution in [-0.4, -0.2) is 7.11 Å². The van der Waals surface area contributed by atoms with Crippen LogP contribution in [-0.2, 0) is 0 Å². The fourth-order valence-corrected chi connectivity index (χ4v) is 1.55. The maximum absolute atomic E-state index is 13.4. The van der Waals surface area contributed by atoms with Crippen LogP contribution >= 0.6 is 0 Å². The lowest BCUT2D eigenvalue weighted by molar-refractivity contribution is 0.412. The molecule has 0 fully saturated rings. The van der Waals surface area contributed by atoms with Crippen molar-refractivity contribution in [1.82, 2.24) is 0 Å². The molecule has 94 valence electrons. The van der Waals surface area contributed by atoms with Gasteiger partial charge < -0.3 is 15.2 Å². The minimum absolute atomic E-state index is 0.311. The Labute approximate surface area is 105 Å². The molecule has 2 aromatic carbocycles. The van der Waals surface area contributed by atoms with Crippen LogP contribution in [0.2, 0.25) is 0 Å². The molecule has 0 spiro atoms. The molecule has 3 nitrogen and oxygen atoms in total. The third-order valence-corrected chi connectivity index (χ3v) is 2.62. The van der Waals surface area contributed by atoms with Gasteiger partial charge in [-0.3, -0.25) is 0 Å². The van der Waals surface area contributed by atoms with E-state index in [1.54, 1.807) is 37.3 Å². The summed E-state index contributed by atoms with van der Waals surface area (Å²) in [6.07, 6.45) is 0. The minimum atomic E-state index is -0.311. The molecule has 0 amide bonds. The van der Waals surface area contributed by atoms with Gasteiger partial charge in [-0.05, 0) is 30.7 Å². The molecule has 0 saturated heterocycles. The molecule has 0 bridgehead atoms. The summed E-state index contributed by atoms with van der Waals surface area (Å²) in [5.74, 6) is 1.06. The van der Waals surface area contributed by atoms with Crippen molar-refractivity contribution in [2.24, 2.45) is 0 Å². The molecule has 2 aromatic rings. The highest BCUT2D eigenvalue weighted by Crippen LogP contribution is 2.34. The minimum Gasteiger partial charge on any atom is -0.494 e. The van der Waals surface area contributed by atoms with Crippen molar-refractivity contribution in [3.8, 4) is 17.2 Å². The Morgan fingerprint density at radius 2 is 1.83 bits per heavy atom. The number of para-hydroxylation sites is 1. The van der Waals surface area contributed by atoms with Gasteiger partial charge in [-0.2, -0.15) is 0 Å². The van der Waals surface area contributed by atoms with Gasteiger partial charge in [0.2, 0.25) is 0 Å². The molecule has 0 aliphatic rings. The van der Waals surface area contributed by atoms with E-state index < -0.39 is 0 Å². The number of nitrogen functional groups attached to an aromatic ring is 1. The first-order chi connectivity index (χ1) is 8.61. The van der Waals surface area contributed by atoms with Crippen molar-refractivity contribution in [3.63, 3.8) is 0 Å². The van der Waals surface area contributed by atoms with Crippen molar-refractivity contribution in [3.05, 3.63) is 47.8 Å². The summed E-state index contributed by atoms with van der Waals surface area (Å²) in [5, 5.41) is 0. The number of hydrogen-bond acceptors (Lipinski definition) is 3. The van der Waals surface area contributed by atoms with E-state index in [4.69, 9.17) is 15.2 Å². The third-order valence-electron chi connectivity index (χ3n) is 2.62. The summed E-state index contributed by atoms with van der Waals surface area (Å²) in [4.78, 5) is 0. The Morgan fingerprint density at radius 3 is 2.50 bits per heavy atom. The van der Waals surface area contributed by atoms with Crippen LogP contribution in [0.1, 0.15) is 5.56 Å². The highest BCUT2D eigenvalue weighted by atomic mass is 19.1. The molecule has 2 N–H and O–H groups in total. The number of anilines is 1. The van der Waals surface area contributed by atoms with Crippen LogP contribution in [0.3, 0.4) is 0 Å². The van der Waals surface area contributed by atoms with Gasteiger partial charge in [0.25, 0.3) is 0 Å². The summed E-state index contributed by atoms with van der Waals surface area (Å²) in [6.45, 7) is 1.69. The molecule has 0 aliphatic carbocycles. The molecule has 0 radical (unpaired) electrons. The number of ether oxygens (including phenoxy) is 2. The Morgan fingerprint density at radius 1 is 1.11 bits per heavy atom. The smallest absolute Gasteiger partial charge is 0.154 e. The second-order valence-corrected chi connectivity index (χ2v) is 3.89. The van der Waals surface area contributed by atoms with Crippen molar-refractivity contribution in [1.29, 1.82) is 0 Å².